The van der Waals surface area contributed by atoms with Gasteiger partial charge in [0.2, 0.25) is 5.82 Å². The molecule has 210 valence electrons. The van der Waals surface area contributed by atoms with Crippen molar-refractivity contribution in [1.29, 1.82) is 0 Å². The molecular formula is C26H25BF10Si2. The number of benzene rings is 3. The lowest BCUT2D eigenvalue weighted by Gasteiger charge is -2.43. The van der Waals surface area contributed by atoms with E-state index in [0.29, 0.717) is 5.56 Å². The van der Waals surface area contributed by atoms with Gasteiger partial charge >= 0.3 is 0 Å². The Hall–Kier alpha value is -2.54. The Labute approximate surface area is 222 Å². The standard InChI is InChI=1S/C26H25BF10Si2/c1-38(2,3)25(12-10-8-7-9-11-12)27(14-17(30)21(34)24(37)22(35)18(14)31)26(39(4,5)6)13-15(28)19(32)23(36)20(33)16(13)29/h7-11,25-26H,1-6H3. The lowest BCUT2D eigenvalue weighted by Crippen LogP contribution is -2.59. The van der Waals surface area contributed by atoms with Crippen molar-refractivity contribution in [3.63, 3.8) is 0 Å². The fraction of sp³-hybridized carbons (Fsp3) is 0.308. The van der Waals surface area contributed by atoms with Gasteiger partial charge in [0.25, 0.3) is 0 Å². The molecule has 0 aliphatic heterocycles. The van der Waals surface area contributed by atoms with Gasteiger partial charge in [-0.3, -0.25) is 0 Å². The van der Waals surface area contributed by atoms with Crippen LogP contribution in [0.1, 0.15) is 22.0 Å². The number of halogens is 10. The average molecular weight is 594 g/mol. The molecule has 0 aliphatic rings. The summed E-state index contributed by atoms with van der Waals surface area (Å²) >= 11 is 0. The van der Waals surface area contributed by atoms with Crippen LogP contribution in [0, 0.1) is 58.2 Å². The molecule has 2 unspecified atom stereocenters. The van der Waals surface area contributed by atoms with Crippen LogP contribution < -0.4 is 5.46 Å². The quantitative estimate of drug-likeness (QED) is 0.112. The predicted molar refractivity (Wildman–Crippen MR) is 136 cm³/mol. The van der Waals surface area contributed by atoms with Crippen LogP contribution in [0.4, 0.5) is 43.9 Å². The first-order valence-corrected chi connectivity index (χ1v) is 19.1. The second-order valence-electron chi connectivity index (χ2n) is 11.6. The second-order valence-corrected chi connectivity index (χ2v) is 22.3. The summed E-state index contributed by atoms with van der Waals surface area (Å²) in [5.74, 6) is -22.8. The Bertz CT molecular complexity index is 1340. The van der Waals surface area contributed by atoms with Crippen molar-refractivity contribution in [1.82, 2.24) is 0 Å². The number of rotatable bonds is 7. The van der Waals surface area contributed by atoms with Crippen molar-refractivity contribution in [3.05, 3.63) is 99.6 Å². The van der Waals surface area contributed by atoms with Crippen LogP contribution in [0.5, 0.6) is 0 Å². The van der Waals surface area contributed by atoms with E-state index in [1.54, 1.807) is 37.8 Å². The first kappa shape index (κ1) is 31.0. The zero-order valence-corrected chi connectivity index (χ0v) is 23.9. The lowest BCUT2D eigenvalue weighted by molar-refractivity contribution is 0.371. The van der Waals surface area contributed by atoms with Gasteiger partial charge < -0.3 is 0 Å². The van der Waals surface area contributed by atoms with Crippen molar-refractivity contribution >= 4 is 28.3 Å². The monoisotopic (exact) mass is 594 g/mol. The van der Waals surface area contributed by atoms with Gasteiger partial charge in [-0.25, -0.2) is 43.9 Å². The van der Waals surface area contributed by atoms with Gasteiger partial charge in [-0.2, -0.15) is 0 Å². The van der Waals surface area contributed by atoms with Crippen molar-refractivity contribution in [3.8, 4) is 0 Å². The molecule has 0 aromatic heterocycles. The smallest absolute Gasteiger partial charge is 0.200 e. The molecule has 39 heavy (non-hydrogen) atoms. The van der Waals surface area contributed by atoms with Crippen LogP contribution in [0.2, 0.25) is 39.3 Å². The predicted octanol–water partition coefficient (Wildman–Crippen LogP) is 8.18. The van der Waals surface area contributed by atoms with E-state index in [4.69, 9.17) is 0 Å². The van der Waals surface area contributed by atoms with Crippen LogP contribution in [-0.4, -0.2) is 22.9 Å². The average Bonchev–Trinajstić information content (AvgIpc) is 2.85. The van der Waals surface area contributed by atoms with Crippen LogP contribution in [0.15, 0.2) is 30.3 Å². The van der Waals surface area contributed by atoms with Crippen molar-refractivity contribution in [2.45, 2.75) is 50.2 Å². The van der Waals surface area contributed by atoms with E-state index in [1.807, 2.05) is 0 Å². The minimum Gasteiger partial charge on any atom is -0.204 e. The molecule has 0 bridgehead atoms. The van der Waals surface area contributed by atoms with E-state index >= 15 is 17.6 Å². The minimum atomic E-state index is -3.35. The SMILES string of the molecule is C[Si](C)(C)C(B(c1c(F)c(F)c(F)c(F)c1F)C(c1c(F)c(F)c(F)c(F)c1F)[Si](C)(C)C)c1ccccc1. The molecule has 0 radical (unpaired) electrons. The highest BCUT2D eigenvalue weighted by molar-refractivity contribution is 7.02. The fourth-order valence-electron chi connectivity index (χ4n) is 5.39. The molecule has 0 aliphatic carbocycles. The summed E-state index contributed by atoms with van der Waals surface area (Å²) in [6.07, 6.45) is 0. The van der Waals surface area contributed by atoms with Gasteiger partial charge in [0.15, 0.2) is 59.1 Å². The summed E-state index contributed by atoms with van der Waals surface area (Å²) in [4.78, 5) is 0. The largest absolute Gasteiger partial charge is 0.204 e. The minimum absolute atomic E-state index is 0.359. The molecule has 3 aromatic carbocycles. The normalized spacial score (nSPS) is 13.9. The summed E-state index contributed by atoms with van der Waals surface area (Å²) in [5, 5.41) is 0. The molecule has 13 heteroatoms. The first-order valence-electron chi connectivity index (χ1n) is 11.9. The Morgan fingerprint density at radius 3 is 1.15 bits per heavy atom. The third kappa shape index (κ3) is 5.44. The second kappa shape index (κ2) is 10.8. The highest BCUT2D eigenvalue weighted by Gasteiger charge is 2.53. The van der Waals surface area contributed by atoms with E-state index in [9.17, 15) is 26.3 Å². The highest BCUT2D eigenvalue weighted by atomic mass is 28.3. The third-order valence-corrected chi connectivity index (χ3v) is 11.9. The maximum absolute atomic E-state index is 15.5. The molecule has 0 heterocycles. The maximum atomic E-state index is 15.5. The van der Waals surface area contributed by atoms with Crippen molar-refractivity contribution in [2.24, 2.45) is 0 Å². The van der Waals surface area contributed by atoms with E-state index in [1.165, 1.54) is 31.8 Å². The molecule has 3 aromatic rings. The highest BCUT2D eigenvalue weighted by Crippen LogP contribution is 2.43. The summed E-state index contributed by atoms with van der Waals surface area (Å²) in [6.45, 7) is 7.63. The third-order valence-electron chi connectivity index (χ3n) is 6.87. The van der Waals surface area contributed by atoms with Crippen LogP contribution in [0.25, 0.3) is 0 Å². The summed E-state index contributed by atoms with van der Waals surface area (Å²) in [5.41, 5.74) is -5.22. The summed E-state index contributed by atoms with van der Waals surface area (Å²) in [7, 11) is -6.22. The van der Waals surface area contributed by atoms with Crippen LogP contribution in [-0.2, 0) is 0 Å². The fourth-order valence-corrected chi connectivity index (χ4v) is 10.8. The summed E-state index contributed by atoms with van der Waals surface area (Å²) in [6, 6.07) is 7.78. The number of hydrogen-bond acceptors (Lipinski definition) is 0. The molecule has 0 fully saturated rings. The van der Waals surface area contributed by atoms with Gasteiger partial charge in [-0.1, -0.05) is 75.2 Å². The van der Waals surface area contributed by atoms with Crippen LogP contribution >= 0.6 is 0 Å². The van der Waals surface area contributed by atoms with E-state index < -0.39 is 103 Å². The zero-order chi connectivity index (χ0) is 29.8. The Balaban J connectivity index is 2.64. The van der Waals surface area contributed by atoms with E-state index in [-0.39, 0.29) is 0 Å². The van der Waals surface area contributed by atoms with Gasteiger partial charge in [-0.05, 0) is 16.3 Å². The molecule has 3 rings (SSSR count). The Morgan fingerprint density at radius 1 is 0.462 bits per heavy atom. The van der Waals surface area contributed by atoms with Gasteiger partial charge in [0, 0.05) is 21.7 Å². The topological polar surface area (TPSA) is 0 Å². The molecule has 0 amide bonds. The van der Waals surface area contributed by atoms with E-state index in [0.717, 1.165) is 0 Å². The Morgan fingerprint density at radius 2 is 0.795 bits per heavy atom. The van der Waals surface area contributed by atoms with Gasteiger partial charge in [-0.15, -0.1) is 0 Å². The van der Waals surface area contributed by atoms with Gasteiger partial charge in [0.1, 0.15) is 0 Å². The van der Waals surface area contributed by atoms with Crippen LogP contribution in [0.3, 0.4) is 0 Å². The van der Waals surface area contributed by atoms with Gasteiger partial charge in [0.05, 0.1) is 0 Å². The molecule has 0 spiro atoms. The summed E-state index contributed by atoms with van der Waals surface area (Å²) < 4.78 is 148. The molecule has 0 N–H and O–H groups in total. The Kier molecular flexibility index (Phi) is 8.58. The zero-order valence-electron chi connectivity index (χ0n) is 21.9. The molecule has 0 saturated carbocycles. The number of hydrogen-bond donors (Lipinski definition) is 0. The van der Waals surface area contributed by atoms with E-state index in [2.05, 4.69) is 0 Å². The molecular weight excluding hydrogens is 569 g/mol. The molecule has 2 atom stereocenters. The maximum Gasteiger partial charge on any atom is 0.200 e. The van der Waals surface area contributed by atoms with Crippen molar-refractivity contribution < 1.29 is 43.9 Å². The molecule has 0 saturated heterocycles. The molecule has 0 nitrogen and oxygen atoms in total. The lowest BCUT2D eigenvalue weighted by atomic mass is 9.37. The first-order chi connectivity index (χ1) is 17.8. The van der Waals surface area contributed by atoms with Crippen molar-refractivity contribution in [2.75, 3.05) is 0 Å².